The minimum absolute atomic E-state index is 0.159. The first-order valence-corrected chi connectivity index (χ1v) is 8.04. The summed E-state index contributed by atoms with van der Waals surface area (Å²) < 4.78 is 15.9. The molecule has 0 aliphatic carbocycles. The van der Waals surface area contributed by atoms with Crippen molar-refractivity contribution in [1.82, 2.24) is 9.97 Å². The zero-order valence-electron chi connectivity index (χ0n) is 13.1. The molecule has 0 aliphatic heterocycles. The Bertz CT molecular complexity index is 810. The van der Waals surface area contributed by atoms with Gasteiger partial charge in [-0.2, -0.15) is 4.98 Å². The third-order valence-electron chi connectivity index (χ3n) is 3.11. The summed E-state index contributed by atoms with van der Waals surface area (Å²) in [5, 5.41) is 3.20. The number of nitrogens with one attached hydrogen (secondary N) is 1. The van der Waals surface area contributed by atoms with Gasteiger partial charge in [-0.05, 0) is 12.1 Å². The van der Waals surface area contributed by atoms with Crippen LogP contribution in [-0.2, 0) is 4.79 Å². The molecule has 24 heavy (non-hydrogen) atoms. The van der Waals surface area contributed by atoms with E-state index in [1.54, 1.807) is 50.7 Å². The summed E-state index contributed by atoms with van der Waals surface area (Å²) in [5.41, 5.74) is 1.71. The van der Waals surface area contributed by atoms with Crippen molar-refractivity contribution in [2.24, 2.45) is 0 Å². The number of pyridine rings is 1. The average molecular weight is 345 g/mol. The Balaban J connectivity index is 1.63. The Kier molecular flexibility index (Phi) is 4.85. The Morgan fingerprint density at radius 3 is 2.67 bits per heavy atom. The van der Waals surface area contributed by atoms with E-state index in [1.807, 2.05) is 0 Å². The molecule has 0 saturated carbocycles. The monoisotopic (exact) mass is 345 g/mol. The number of thioether (sulfide) groups is 1. The van der Waals surface area contributed by atoms with E-state index in [1.165, 1.54) is 11.8 Å². The second-order valence-electron chi connectivity index (χ2n) is 4.74. The van der Waals surface area contributed by atoms with E-state index in [2.05, 4.69) is 15.3 Å². The minimum Gasteiger partial charge on any atom is -0.497 e. The molecule has 2 aromatic heterocycles. The van der Waals surface area contributed by atoms with Crippen LogP contribution in [0.4, 0.5) is 5.69 Å². The van der Waals surface area contributed by atoms with Gasteiger partial charge >= 0.3 is 0 Å². The van der Waals surface area contributed by atoms with Gasteiger partial charge in [0.25, 0.3) is 5.22 Å². The van der Waals surface area contributed by atoms with E-state index in [0.717, 1.165) is 0 Å². The number of carbonyl (C=O) groups excluding carboxylic acids is 1. The maximum atomic E-state index is 12.1. The van der Waals surface area contributed by atoms with Crippen molar-refractivity contribution >= 4 is 34.6 Å². The van der Waals surface area contributed by atoms with Gasteiger partial charge in [-0.1, -0.05) is 11.8 Å². The first kappa shape index (κ1) is 16.1. The number of amides is 1. The molecule has 0 fully saturated rings. The quantitative estimate of drug-likeness (QED) is 0.687. The summed E-state index contributed by atoms with van der Waals surface area (Å²) in [7, 11) is 3.11. The summed E-state index contributed by atoms with van der Waals surface area (Å²) in [6.45, 7) is 0. The molecule has 1 N–H and O–H groups in total. The zero-order chi connectivity index (χ0) is 16.9. The second-order valence-corrected chi connectivity index (χ2v) is 5.67. The molecule has 7 nitrogen and oxygen atoms in total. The topological polar surface area (TPSA) is 86.5 Å². The van der Waals surface area contributed by atoms with Gasteiger partial charge in [0.1, 0.15) is 11.5 Å². The summed E-state index contributed by atoms with van der Waals surface area (Å²) in [5.74, 6) is 1.17. The molecular weight excluding hydrogens is 330 g/mol. The number of oxazole rings is 1. The average Bonchev–Trinajstić information content (AvgIpc) is 3.02. The Morgan fingerprint density at radius 1 is 1.25 bits per heavy atom. The van der Waals surface area contributed by atoms with Crippen LogP contribution in [0.5, 0.6) is 11.5 Å². The van der Waals surface area contributed by atoms with Gasteiger partial charge in [0.15, 0.2) is 11.2 Å². The second kappa shape index (κ2) is 7.22. The van der Waals surface area contributed by atoms with Crippen LogP contribution in [0.2, 0.25) is 0 Å². The lowest BCUT2D eigenvalue weighted by atomic mass is 10.2. The summed E-state index contributed by atoms with van der Waals surface area (Å²) >= 11 is 1.20. The summed E-state index contributed by atoms with van der Waals surface area (Å²) in [6.07, 6.45) is 1.64. The lowest BCUT2D eigenvalue weighted by Gasteiger charge is -2.09. The van der Waals surface area contributed by atoms with Crippen LogP contribution in [0.1, 0.15) is 0 Å². The molecule has 0 spiro atoms. The van der Waals surface area contributed by atoms with Crippen molar-refractivity contribution in [3.63, 3.8) is 0 Å². The van der Waals surface area contributed by atoms with Gasteiger partial charge in [-0.15, -0.1) is 0 Å². The van der Waals surface area contributed by atoms with Gasteiger partial charge in [0, 0.05) is 30.1 Å². The molecule has 3 aromatic rings. The van der Waals surface area contributed by atoms with Crippen LogP contribution in [0.25, 0.3) is 11.2 Å². The lowest BCUT2D eigenvalue weighted by Crippen LogP contribution is -2.14. The van der Waals surface area contributed by atoms with E-state index in [-0.39, 0.29) is 11.7 Å². The smallest absolute Gasteiger partial charge is 0.258 e. The standard InChI is InChI=1S/C16H15N3O4S/c1-21-11-6-10(7-12(8-11)22-2)18-14(20)9-24-16-19-15-13(23-16)4-3-5-17-15/h3-8H,9H2,1-2H3,(H,18,20). The third kappa shape index (κ3) is 3.77. The fourth-order valence-corrected chi connectivity index (χ4v) is 2.64. The number of anilines is 1. The van der Waals surface area contributed by atoms with Crippen LogP contribution in [0, 0.1) is 0 Å². The molecule has 1 amide bonds. The van der Waals surface area contributed by atoms with Crippen molar-refractivity contribution in [2.45, 2.75) is 5.22 Å². The van der Waals surface area contributed by atoms with Crippen LogP contribution in [0.3, 0.4) is 0 Å². The summed E-state index contributed by atoms with van der Waals surface area (Å²) in [4.78, 5) is 20.4. The van der Waals surface area contributed by atoms with Crippen molar-refractivity contribution in [3.8, 4) is 11.5 Å². The van der Waals surface area contributed by atoms with Crippen molar-refractivity contribution < 1.29 is 18.7 Å². The lowest BCUT2D eigenvalue weighted by molar-refractivity contribution is -0.113. The number of benzene rings is 1. The molecule has 124 valence electrons. The van der Waals surface area contributed by atoms with Crippen molar-refractivity contribution in [3.05, 3.63) is 36.5 Å². The van der Waals surface area contributed by atoms with Crippen molar-refractivity contribution in [2.75, 3.05) is 25.3 Å². The number of methoxy groups -OCH3 is 2. The largest absolute Gasteiger partial charge is 0.497 e. The van der Waals surface area contributed by atoms with Gasteiger partial charge in [0.2, 0.25) is 5.91 Å². The van der Waals surface area contributed by atoms with E-state index < -0.39 is 0 Å². The van der Waals surface area contributed by atoms with E-state index in [4.69, 9.17) is 13.9 Å². The number of ether oxygens (including phenoxy) is 2. The molecule has 8 heteroatoms. The molecule has 0 atom stereocenters. The molecule has 0 unspecified atom stereocenters. The highest BCUT2D eigenvalue weighted by Gasteiger charge is 2.11. The highest BCUT2D eigenvalue weighted by Crippen LogP contribution is 2.26. The molecule has 0 aliphatic rings. The molecule has 1 aromatic carbocycles. The molecule has 0 radical (unpaired) electrons. The Morgan fingerprint density at radius 2 is 2.00 bits per heavy atom. The normalized spacial score (nSPS) is 10.6. The van der Waals surface area contributed by atoms with Gasteiger partial charge in [-0.3, -0.25) is 4.79 Å². The first-order chi connectivity index (χ1) is 11.7. The molecule has 0 saturated heterocycles. The predicted molar refractivity (Wildman–Crippen MR) is 90.7 cm³/mol. The van der Waals surface area contributed by atoms with Crippen LogP contribution in [-0.4, -0.2) is 35.8 Å². The van der Waals surface area contributed by atoms with Gasteiger partial charge in [0.05, 0.1) is 20.0 Å². The van der Waals surface area contributed by atoms with Crippen LogP contribution in [0.15, 0.2) is 46.2 Å². The maximum absolute atomic E-state index is 12.1. The third-order valence-corrected chi connectivity index (χ3v) is 3.94. The fourth-order valence-electron chi connectivity index (χ4n) is 2.01. The molecule has 3 rings (SSSR count). The first-order valence-electron chi connectivity index (χ1n) is 7.05. The highest BCUT2D eigenvalue weighted by atomic mass is 32.2. The Labute approximate surface area is 142 Å². The molecule has 0 bridgehead atoms. The Hall–Kier alpha value is -2.74. The molecule has 2 heterocycles. The SMILES string of the molecule is COc1cc(NC(=O)CSc2nc3ncccc3o2)cc(OC)c1. The van der Waals surface area contributed by atoms with E-state index in [0.29, 0.717) is 33.6 Å². The van der Waals surface area contributed by atoms with Crippen LogP contribution >= 0.6 is 11.8 Å². The number of nitrogens with zero attached hydrogens (tertiary/aromatic N) is 2. The van der Waals surface area contributed by atoms with E-state index >= 15 is 0 Å². The van der Waals surface area contributed by atoms with Crippen LogP contribution < -0.4 is 14.8 Å². The van der Waals surface area contributed by atoms with Crippen molar-refractivity contribution in [1.29, 1.82) is 0 Å². The van der Waals surface area contributed by atoms with Gasteiger partial charge < -0.3 is 19.2 Å². The number of rotatable bonds is 6. The number of hydrogen-bond acceptors (Lipinski definition) is 7. The fraction of sp³-hybridized carbons (Fsp3) is 0.188. The maximum Gasteiger partial charge on any atom is 0.258 e. The molecular formula is C16H15N3O4S. The number of fused-ring (bicyclic) bond motifs is 1. The predicted octanol–water partition coefficient (Wildman–Crippen LogP) is 2.97. The highest BCUT2D eigenvalue weighted by molar-refractivity contribution is 7.99. The number of carbonyl (C=O) groups is 1. The minimum atomic E-state index is -0.189. The van der Waals surface area contributed by atoms with Gasteiger partial charge in [-0.25, -0.2) is 4.98 Å². The number of hydrogen-bond donors (Lipinski definition) is 1. The zero-order valence-corrected chi connectivity index (χ0v) is 13.9. The summed E-state index contributed by atoms with van der Waals surface area (Å²) in [6, 6.07) is 8.71. The van der Waals surface area contributed by atoms with E-state index in [9.17, 15) is 4.79 Å². The number of aromatic nitrogens is 2.